The van der Waals surface area contributed by atoms with Gasteiger partial charge in [-0.2, -0.15) is 5.10 Å². The van der Waals surface area contributed by atoms with Crippen molar-refractivity contribution in [2.75, 3.05) is 10.0 Å². The molecule has 3 aromatic heterocycles. The monoisotopic (exact) mass is 513 g/mol. The van der Waals surface area contributed by atoms with Gasteiger partial charge in [0.1, 0.15) is 5.69 Å². The van der Waals surface area contributed by atoms with Crippen LogP contribution in [0.25, 0.3) is 5.65 Å². The molecule has 3 heterocycles. The zero-order chi connectivity index (χ0) is 25.6. The fourth-order valence-corrected chi connectivity index (χ4v) is 4.68. The summed E-state index contributed by atoms with van der Waals surface area (Å²) in [6.45, 7) is 3.45. The quantitative estimate of drug-likeness (QED) is 0.382. The van der Waals surface area contributed by atoms with Crippen molar-refractivity contribution in [1.82, 2.24) is 24.6 Å². The Kier molecular flexibility index (Phi) is 5.86. The maximum atomic E-state index is 13.6. The number of aromatic nitrogens is 5. The molecule has 186 valence electrons. The number of amides is 1. The molecule has 10 nitrogen and oxygen atoms in total. The first kappa shape index (κ1) is 23.7. The fourth-order valence-electron chi connectivity index (χ4n) is 3.74. The van der Waals surface area contributed by atoms with Crippen molar-refractivity contribution in [1.29, 1.82) is 0 Å². The second kappa shape index (κ2) is 8.90. The van der Waals surface area contributed by atoms with E-state index in [2.05, 4.69) is 30.1 Å². The Morgan fingerprint density at radius 1 is 1.03 bits per heavy atom. The van der Waals surface area contributed by atoms with Crippen molar-refractivity contribution in [2.45, 2.75) is 43.9 Å². The molecule has 1 fully saturated rings. The highest BCUT2D eigenvalue weighted by molar-refractivity contribution is 7.92. The van der Waals surface area contributed by atoms with Crippen LogP contribution in [0.5, 0.6) is 0 Å². The van der Waals surface area contributed by atoms with E-state index in [-0.39, 0.29) is 33.8 Å². The van der Waals surface area contributed by atoms with Crippen LogP contribution in [0.4, 0.5) is 20.4 Å². The normalized spacial score (nSPS) is 13.8. The number of benzene rings is 1. The van der Waals surface area contributed by atoms with Crippen molar-refractivity contribution < 1.29 is 22.0 Å². The molecule has 0 atom stereocenters. The zero-order valence-corrected chi connectivity index (χ0v) is 20.1. The van der Waals surface area contributed by atoms with E-state index in [0.29, 0.717) is 22.8 Å². The molecular weight excluding hydrogens is 492 g/mol. The predicted molar refractivity (Wildman–Crippen MR) is 127 cm³/mol. The Morgan fingerprint density at radius 3 is 2.31 bits per heavy atom. The van der Waals surface area contributed by atoms with Gasteiger partial charge in [0.15, 0.2) is 11.3 Å². The van der Waals surface area contributed by atoms with E-state index < -0.39 is 22.4 Å². The average Bonchev–Trinajstić information content (AvgIpc) is 3.56. The summed E-state index contributed by atoms with van der Waals surface area (Å²) in [5.41, 5.74) is 1.84. The van der Waals surface area contributed by atoms with Gasteiger partial charge in [0.05, 0.1) is 4.90 Å². The van der Waals surface area contributed by atoms with E-state index in [0.717, 1.165) is 17.4 Å². The number of aryl methyl sites for hydroxylation is 2. The number of carbonyl (C=O) groups excluding carboxylic acids is 1. The van der Waals surface area contributed by atoms with Crippen LogP contribution >= 0.6 is 0 Å². The molecule has 1 aliphatic carbocycles. The van der Waals surface area contributed by atoms with Gasteiger partial charge in [0.2, 0.25) is 5.95 Å². The lowest BCUT2D eigenvalue weighted by Crippen LogP contribution is -2.16. The lowest BCUT2D eigenvalue weighted by atomic mass is 10.2. The first-order valence-corrected chi connectivity index (χ1v) is 12.5. The Morgan fingerprint density at radius 2 is 1.69 bits per heavy atom. The first-order chi connectivity index (χ1) is 17.1. The number of nitrogens with zero attached hydrogens (tertiary/aromatic N) is 5. The highest BCUT2D eigenvalue weighted by atomic mass is 32.2. The second-order valence-electron chi connectivity index (χ2n) is 8.54. The molecule has 1 amide bonds. The van der Waals surface area contributed by atoms with Crippen molar-refractivity contribution in [3.05, 3.63) is 70.9 Å². The van der Waals surface area contributed by atoms with Crippen LogP contribution in [0.2, 0.25) is 0 Å². The third-order valence-corrected chi connectivity index (χ3v) is 6.90. The maximum absolute atomic E-state index is 13.6. The Hall–Kier alpha value is -4.00. The average molecular weight is 514 g/mol. The van der Waals surface area contributed by atoms with Crippen LogP contribution < -0.4 is 10.0 Å². The third kappa shape index (κ3) is 4.87. The van der Waals surface area contributed by atoms with Crippen molar-refractivity contribution in [2.24, 2.45) is 0 Å². The highest BCUT2D eigenvalue weighted by Gasteiger charge is 2.28. The molecule has 0 bridgehead atoms. The number of fused-ring (bicyclic) bond motifs is 1. The lowest BCUT2D eigenvalue weighted by Gasteiger charge is -2.09. The summed E-state index contributed by atoms with van der Waals surface area (Å²) in [6.07, 6.45) is -0.987. The number of sulfonamides is 1. The summed E-state index contributed by atoms with van der Waals surface area (Å²) in [7, 11) is -3.96. The molecule has 0 unspecified atom stereocenters. The van der Waals surface area contributed by atoms with Gasteiger partial charge in [0, 0.05) is 34.8 Å². The van der Waals surface area contributed by atoms with Gasteiger partial charge in [0.25, 0.3) is 22.4 Å². The smallest absolute Gasteiger partial charge is 0.280 e. The van der Waals surface area contributed by atoms with E-state index >= 15 is 0 Å². The minimum atomic E-state index is -3.96. The second-order valence-corrected chi connectivity index (χ2v) is 10.2. The molecule has 36 heavy (non-hydrogen) atoms. The Bertz CT molecular complexity index is 1560. The van der Waals surface area contributed by atoms with Gasteiger partial charge in [-0.15, -0.1) is 0 Å². The molecule has 0 saturated heterocycles. The van der Waals surface area contributed by atoms with Gasteiger partial charge in [-0.05, 0) is 63.1 Å². The molecule has 1 aliphatic rings. The summed E-state index contributed by atoms with van der Waals surface area (Å²) < 4.78 is 55.8. The highest BCUT2D eigenvalue weighted by Crippen LogP contribution is 2.40. The third-order valence-electron chi connectivity index (χ3n) is 5.56. The van der Waals surface area contributed by atoms with Crippen molar-refractivity contribution in [3.8, 4) is 0 Å². The minimum absolute atomic E-state index is 0.0432. The maximum Gasteiger partial charge on any atom is 0.280 e. The standard InChI is InChI=1S/C23H21F2N7O3S/c1-12-9-13(2)27-23(26-12)31-36(34,35)16-7-5-15(6-8-16)28-22(33)18-11-20-29-17(14-3-4-14)10-19(21(24)25)32(20)30-18/h5-11,14,21H,3-4H2,1-2H3,(H,28,33)(H,26,27,31). The van der Waals surface area contributed by atoms with Crippen LogP contribution in [0.15, 0.2) is 47.4 Å². The number of alkyl halides is 2. The largest absolute Gasteiger partial charge is 0.321 e. The van der Waals surface area contributed by atoms with Crippen LogP contribution in [-0.4, -0.2) is 38.9 Å². The number of nitrogens with one attached hydrogen (secondary N) is 2. The van der Waals surface area contributed by atoms with E-state index in [1.165, 1.54) is 36.4 Å². The Labute approximate surface area is 204 Å². The summed E-state index contributed by atoms with van der Waals surface area (Å²) in [4.78, 5) is 25.2. The van der Waals surface area contributed by atoms with Gasteiger partial charge in [-0.3, -0.25) is 4.79 Å². The molecular formula is C23H21F2N7O3S. The van der Waals surface area contributed by atoms with Gasteiger partial charge in [-0.1, -0.05) is 0 Å². The molecule has 0 spiro atoms. The molecule has 13 heteroatoms. The minimum Gasteiger partial charge on any atom is -0.321 e. The lowest BCUT2D eigenvalue weighted by molar-refractivity contribution is 0.102. The molecule has 1 saturated carbocycles. The number of anilines is 2. The van der Waals surface area contributed by atoms with E-state index in [1.807, 2.05) is 0 Å². The van der Waals surface area contributed by atoms with Gasteiger partial charge < -0.3 is 5.32 Å². The van der Waals surface area contributed by atoms with E-state index in [4.69, 9.17) is 0 Å². The SMILES string of the molecule is Cc1cc(C)nc(NS(=O)(=O)c2ccc(NC(=O)c3cc4nc(C5CC5)cc(C(F)F)n4n3)cc2)n1. The van der Waals surface area contributed by atoms with Gasteiger partial charge >= 0.3 is 0 Å². The van der Waals surface area contributed by atoms with Crippen LogP contribution in [0.1, 0.15) is 58.4 Å². The van der Waals surface area contributed by atoms with Crippen LogP contribution in [-0.2, 0) is 10.0 Å². The fraction of sp³-hybridized carbons (Fsp3) is 0.261. The Balaban J connectivity index is 1.34. The molecule has 5 rings (SSSR count). The first-order valence-electron chi connectivity index (χ1n) is 11.0. The zero-order valence-electron chi connectivity index (χ0n) is 19.2. The molecule has 0 aliphatic heterocycles. The van der Waals surface area contributed by atoms with E-state index in [1.54, 1.807) is 19.9 Å². The molecule has 0 radical (unpaired) electrons. The van der Waals surface area contributed by atoms with Crippen LogP contribution in [0, 0.1) is 13.8 Å². The number of hydrogen-bond donors (Lipinski definition) is 2. The van der Waals surface area contributed by atoms with Crippen LogP contribution in [0.3, 0.4) is 0 Å². The summed E-state index contributed by atoms with van der Waals surface area (Å²) >= 11 is 0. The molecule has 4 aromatic rings. The topological polar surface area (TPSA) is 131 Å². The summed E-state index contributed by atoms with van der Waals surface area (Å²) in [6, 6.07) is 9.82. The molecule has 2 N–H and O–H groups in total. The number of hydrogen-bond acceptors (Lipinski definition) is 7. The van der Waals surface area contributed by atoms with E-state index in [9.17, 15) is 22.0 Å². The number of halogens is 2. The van der Waals surface area contributed by atoms with Crippen molar-refractivity contribution >= 4 is 33.2 Å². The van der Waals surface area contributed by atoms with Crippen molar-refractivity contribution in [3.63, 3.8) is 0 Å². The molecule has 1 aromatic carbocycles. The predicted octanol–water partition coefficient (Wildman–Crippen LogP) is 4.00. The summed E-state index contributed by atoms with van der Waals surface area (Å²) in [5, 5.41) is 6.60. The number of carbonyl (C=O) groups is 1. The summed E-state index contributed by atoms with van der Waals surface area (Å²) in [5.74, 6) is -0.533. The van der Waals surface area contributed by atoms with Gasteiger partial charge in [-0.25, -0.2) is 41.4 Å². The number of rotatable bonds is 7.